The number of hydrogen-bond acceptors (Lipinski definition) is 3. The molecule has 0 atom stereocenters. The first kappa shape index (κ1) is 33.5. The Bertz CT molecular complexity index is 759. The monoisotopic (exact) mass is 620 g/mol. The fourth-order valence-electron chi connectivity index (χ4n) is 3.21. The summed E-state index contributed by atoms with van der Waals surface area (Å²) in [4.78, 5) is 0. The van der Waals surface area contributed by atoms with Gasteiger partial charge in [0.15, 0.2) is 0 Å². The summed E-state index contributed by atoms with van der Waals surface area (Å²) in [5, 5.41) is -5.87. The standard InChI is InChI=1S/C13H12F18O3P2/c1-35(2)9(12(26,27)28,13(29,30)31)34-36(3,32-5(7(14,15)16)8(17,18)19)4-6(33-36,10(20,21)22)11(23,24)25/h5H,4H2,1-3H3. The molecule has 0 spiro atoms. The Labute approximate surface area is 189 Å². The molecule has 0 bridgehead atoms. The van der Waals surface area contributed by atoms with Crippen LogP contribution in [0, 0.1) is 0 Å². The predicted molar refractivity (Wildman–Crippen MR) is 85.3 cm³/mol. The molecule has 0 N–H and O–H groups in total. The van der Waals surface area contributed by atoms with Crippen LogP contribution >= 0.6 is 15.2 Å². The second-order valence-electron chi connectivity index (χ2n) is 7.74. The molecule has 0 aromatic heterocycles. The summed E-state index contributed by atoms with van der Waals surface area (Å²) >= 11 is 0. The molecule has 0 saturated carbocycles. The van der Waals surface area contributed by atoms with Crippen molar-refractivity contribution in [3.05, 3.63) is 0 Å². The normalized spacial score (nSPS) is 22.8. The Morgan fingerprint density at radius 1 is 0.694 bits per heavy atom. The molecule has 0 aromatic rings. The SMILES string of the molecule is CP(C)C(OP1(C)(OC(C(F)(F)F)C(F)(F)F)CC(C(F)(F)F)(C(F)(F)F)O1)(C(F)(F)F)C(F)(F)F. The Balaban J connectivity index is 4.05. The Morgan fingerprint density at radius 3 is 1.19 bits per heavy atom. The van der Waals surface area contributed by atoms with Crippen molar-refractivity contribution in [3.8, 4) is 0 Å². The van der Waals surface area contributed by atoms with E-state index in [0.29, 0.717) is 0 Å². The Hall–Kier alpha value is -0.520. The third-order valence-electron chi connectivity index (χ3n) is 4.60. The van der Waals surface area contributed by atoms with Crippen molar-refractivity contribution in [1.29, 1.82) is 0 Å². The quantitative estimate of drug-likeness (QED) is 0.231. The Morgan fingerprint density at radius 2 is 1.00 bits per heavy atom. The van der Waals surface area contributed by atoms with Crippen LogP contribution in [0.5, 0.6) is 0 Å². The van der Waals surface area contributed by atoms with E-state index in [2.05, 4.69) is 13.6 Å². The molecule has 3 nitrogen and oxygen atoms in total. The number of halogens is 18. The zero-order chi connectivity index (χ0) is 29.4. The van der Waals surface area contributed by atoms with Crippen molar-refractivity contribution in [3.63, 3.8) is 0 Å². The zero-order valence-corrected chi connectivity index (χ0v) is 19.0. The number of alkyl halides is 18. The van der Waals surface area contributed by atoms with E-state index in [1.807, 2.05) is 0 Å². The van der Waals surface area contributed by atoms with Crippen LogP contribution in [0.15, 0.2) is 0 Å². The van der Waals surface area contributed by atoms with Gasteiger partial charge in [-0.05, 0) is 0 Å². The van der Waals surface area contributed by atoms with Gasteiger partial charge < -0.3 is 0 Å². The summed E-state index contributed by atoms with van der Waals surface area (Å²) in [6.45, 7) is -0.660. The first-order valence-electron chi connectivity index (χ1n) is 8.41. The second kappa shape index (κ2) is 8.49. The van der Waals surface area contributed by atoms with Crippen LogP contribution in [-0.2, 0) is 13.6 Å². The van der Waals surface area contributed by atoms with E-state index >= 15 is 0 Å². The maximum absolute atomic E-state index is 13.6. The fraction of sp³-hybridized carbons (Fsp3) is 1.00. The Kier molecular flexibility index (Phi) is 7.90. The third-order valence-corrected chi connectivity index (χ3v) is 10.0. The molecular formula is C13H12F18O3P2. The van der Waals surface area contributed by atoms with Crippen LogP contribution in [0.3, 0.4) is 0 Å². The van der Waals surface area contributed by atoms with E-state index in [1.54, 1.807) is 0 Å². The van der Waals surface area contributed by atoms with E-state index in [1.165, 1.54) is 0 Å². The van der Waals surface area contributed by atoms with Crippen molar-refractivity contribution in [2.45, 2.75) is 54.1 Å². The van der Waals surface area contributed by atoms with Gasteiger partial charge in [-0.15, -0.1) is 0 Å². The molecular weight excluding hydrogens is 608 g/mol. The van der Waals surface area contributed by atoms with Gasteiger partial charge in [0.25, 0.3) is 0 Å². The molecule has 0 unspecified atom stereocenters. The van der Waals surface area contributed by atoms with Crippen LogP contribution in [0.25, 0.3) is 0 Å². The van der Waals surface area contributed by atoms with Gasteiger partial charge in [-0.1, -0.05) is 0 Å². The average molecular weight is 620 g/mol. The van der Waals surface area contributed by atoms with Gasteiger partial charge in [0.05, 0.1) is 0 Å². The molecule has 0 radical (unpaired) electrons. The van der Waals surface area contributed by atoms with Crippen molar-refractivity contribution >= 4 is 15.2 Å². The summed E-state index contributed by atoms with van der Waals surface area (Å²) in [5.74, 6) is 0. The summed E-state index contributed by atoms with van der Waals surface area (Å²) < 4.78 is 249. The van der Waals surface area contributed by atoms with Crippen LogP contribution in [0.4, 0.5) is 79.0 Å². The molecule has 1 heterocycles. The molecule has 1 saturated heterocycles. The van der Waals surface area contributed by atoms with Gasteiger partial charge in [-0.2, -0.15) is 0 Å². The molecule has 0 aromatic carbocycles. The molecule has 1 aliphatic heterocycles. The van der Waals surface area contributed by atoms with Crippen molar-refractivity contribution in [2.24, 2.45) is 0 Å². The molecule has 218 valence electrons. The van der Waals surface area contributed by atoms with E-state index in [-0.39, 0.29) is 13.3 Å². The summed E-state index contributed by atoms with van der Waals surface area (Å²) in [6, 6.07) is 0. The summed E-state index contributed by atoms with van der Waals surface area (Å²) in [7, 11) is -11.8. The number of rotatable bonds is 5. The van der Waals surface area contributed by atoms with Gasteiger partial charge in [0.2, 0.25) is 0 Å². The summed E-state index contributed by atoms with van der Waals surface area (Å²) in [6.07, 6.45) is -49.9. The minimum atomic E-state index is -7.92. The van der Waals surface area contributed by atoms with E-state index in [0.717, 1.165) is 0 Å². The van der Waals surface area contributed by atoms with Crippen molar-refractivity contribution in [2.75, 3.05) is 26.2 Å². The second-order valence-corrected chi connectivity index (χ2v) is 14.0. The molecule has 36 heavy (non-hydrogen) atoms. The zero-order valence-electron chi connectivity index (χ0n) is 17.2. The van der Waals surface area contributed by atoms with E-state index < -0.39 is 82.1 Å². The molecule has 1 rings (SSSR count). The number of hydrogen-bond donors (Lipinski definition) is 0. The van der Waals surface area contributed by atoms with Crippen molar-refractivity contribution < 1.29 is 92.6 Å². The van der Waals surface area contributed by atoms with Crippen LogP contribution in [0.1, 0.15) is 0 Å². The van der Waals surface area contributed by atoms with Gasteiger partial charge in [0.1, 0.15) is 0 Å². The van der Waals surface area contributed by atoms with Crippen LogP contribution in [0.2, 0.25) is 0 Å². The topological polar surface area (TPSA) is 27.7 Å². The molecule has 0 aliphatic carbocycles. The first-order valence-corrected chi connectivity index (χ1v) is 13.3. The average Bonchev–Trinajstić information content (AvgIpc) is 2.48. The van der Waals surface area contributed by atoms with Crippen molar-refractivity contribution in [1.82, 2.24) is 0 Å². The van der Waals surface area contributed by atoms with Crippen LogP contribution < -0.4 is 0 Å². The van der Waals surface area contributed by atoms with E-state index in [4.69, 9.17) is 0 Å². The minimum absolute atomic E-state index is 0.0465. The van der Waals surface area contributed by atoms with Gasteiger partial charge in [-0.3, -0.25) is 0 Å². The molecule has 1 aliphatic rings. The molecule has 23 heteroatoms. The van der Waals surface area contributed by atoms with Gasteiger partial charge >= 0.3 is 188 Å². The first-order chi connectivity index (χ1) is 15.2. The van der Waals surface area contributed by atoms with E-state index in [9.17, 15) is 79.0 Å². The fourth-order valence-corrected chi connectivity index (χ4v) is 9.73. The molecule has 1 fully saturated rings. The summed E-state index contributed by atoms with van der Waals surface area (Å²) in [5.41, 5.74) is -5.82. The maximum atomic E-state index is 13.6. The van der Waals surface area contributed by atoms with Crippen LogP contribution in [-0.4, -0.2) is 80.3 Å². The van der Waals surface area contributed by atoms with Gasteiger partial charge in [-0.25, -0.2) is 0 Å². The third kappa shape index (κ3) is 5.45. The van der Waals surface area contributed by atoms with Gasteiger partial charge in [0, 0.05) is 0 Å². The predicted octanol–water partition coefficient (Wildman–Crippen LogP) is 7.90. The molecule has 0 amide bonds.